The Balaban J connectivity index is 1.55. The van der Waals surface area contributed by atoms with Gasteiger partial charge in [-0.25, -0.2) is 0 Å². The maximum Gasteiger partial charge on any atom is 0.227 e. The normalized spacial score (nSPS) is 17.1. The Labute approximate surface area is 171 Å². The highest BCUT2D eigenvalue weighted by Crippen LogP contribution is 2.28. The molecule has 4 nitrogen and oxygen atoms in total. The number of rotatable bonds is 5. The Morgan fingerprint density at radius 3 is 2.54 bits per heavy atom. The topological polar surface area (TPSA) is 49.4 Å². The van der Waals surface area contributed by atoms with Crippen molar-refractivity contribution < 1.29 is 9.59 Å². The standard InChI is InChI=1S/C23H27ClN2O2/c1-23(2,3)18-7-9-20(10-8-18)26-15-17(14-21(26)27)22(28)25-12-11-16-5-4-6-19(24)13-16/h4-10,13,17H,11-12,14-15H2,1-3H3,(H,25,28). The lowest BCUT2D eigenvalue weighted by Gasteiger charge is -2.21. The molecule has 1 aliphatic rings. The average molecular weight is 399 g/mol. The van der Waals surface area contributed by atoms with Crippen molar-refractivity contribution in [1.82, 2.24) is 5.32 Å². The Morgan fingerprint density at radius 2 is 1.89 bits per heavy atom. The first-order valence-electron chi connectivity index (χ1n) is 9.67. The molecule has 28 heavy (non-hydrogen) atoms. The predicted octanol–water partition coefficient (Wildman–Crippen LogP) is 4.35. The van der Waals surface area contributed by atoms with Crippen LogP contribution in [0.3, 0.4) is 0 Å². The molecule has 5 heteroatoms. The van der Waals surface area contributed by atoms with Gasteiger partial charge in [0.2, 0.25) is 11.8 Å². The van der Waals surface area contributed by atoms with Crippen molar-refractivity contribution in [3.05, 3.63) is 64.7 Å². The average Bonchev–Trinajstić information content (AvgIpc) is 3.03. The summed E-state index contributed by atoms with van der Waals surface area (Å²) >= 11 is 5.98. The van der Waals surface area contributed by atoms with Crippen LogP contribution in [0.2, 0.25) is 5.02 Å². The maximum atomic E-state index is 12.5. The van der Waals surface area contributed by atoms with Crippen LogP contribution in [-0.4, -0.2) is 24.9 Å². The number of hydrogen-bond acceptors (Lipinski definition) is 2. The van der Waals surface area contributed by atoms with Gasteiger partial charge in [0.15, 0.2) is 0 Å². The van der Waals surface area contributed by atoms with Gasteiger partial charge in [0.25, 0.3) is 0 Å². The molecule has 0 aliphatic carbocycles. The second-order valence-corrected chi connectivity index (χ2v) is 8.81. The van der Waals surface area contributed by atoms with Crippen LogP contribution < -0.4 is 10.2 Å². The summed E-state index contributed by atoms with van der Waals surface area (Å²) in [4.78, 5) is 26.6. The van der Waals surface area contributed by atoms with Gasteiger partial charge in [-0.15, -0.1) is 0 Å². The molecular formula is C23H27ClN2O2. The predicted molar refractivity (Wildman–Crippen MR) is 114 cm³/mol. The summed E-state index contributed by atoms with van der Waals surface area (Å²) < 4.78 is 0. The van der Waals surface area contributed by atoms with E-state index in [0.29, 0.717) is 24.5 Å². The molecule has 1 aliphatic heterocycles. The van der Waals surface area contributed by atoms with Crippen LogP contribution in [-0.2, 0) is 21.4 Å². The van der Waals surface area contributed by atoms with E-state index in [1.807, 2.05) is 36.4 Å². The van der Waals surface area contributed by atoms with Crippen LogP contribution in [0.15, 0.2) is 48.5 Å². The fraction of sp³-hybridized carbons (Fsp3) is 0.391. The maximum absolute atomic E-state index is 12.5. The lowest BCUT2D eigenvalue weighted by molar-refractivity contribution is -0.126. The van der Waals surface area contributed by atoms with E-state index in [9.17, 15) is 9.59 Å². The molecule has 1 saturated heterocycles. The molecule has 1 unspecified atom stereocenters. The highest BCUT2D eigenvalue weighted by molar-refractivity contribution is 6.30. The zero-order valence-corrected chi connectivity index (χ0v) is 17.4. The number of halogens is 1. The molecule has 0 bridgehead atoms. The van der Waals surface area contributed by atoms with Crippen molar-refractivity contribution in [2.45, 2.75) is 39.0 Å². The van der Waals surface area contributed by atoms with E-state index < -0.39 is 0 Å². The Bertz CT molecular complexity index is 856. The monoisotopic (exact) mass is 398 g/mol. The van der Waals surface area contributed by atoms with Gasteiger partial charge in [0, 0.05) is 30.2 Å². The molecular weight excluding hydrogens is 372 g/mol. The van der Waals surface area contributed by atoms with Gasteiger partial charge in [-0.2, -0.15) is 0 Å². The van der Waals surface area contributed by atoms with Crippen molar-refractivity contribution in [3.63, 3.8) is 0 Å². The molecule has 1 heterocycles. The highest BCUT2D eigenvalue weighted by Gasteiger charge is 2.35. The minimum atomic E-state index is -0.311. The SMILES string of the molecule is CC(C)(C)c1ccc(N2CC(C(=O)NCCc3cccc(Cl)c3)CC2=O)cc1. The number of carbonyl (C=O) groups excluding carboxylic acids is 2. The summed E-state index contributed by atoms with van der Waals surface area (Å²) in [7, 11) is 0. The first-order valence-corrected chi connectivity index (χ1v) is 10.0. The molecule has 0 radical (unpaired) electrons. The summed E-state index contributed by atoms with van der Waals surface area (Å²) in [6.07, 6.45) is 0.967. The molecule has 1 fully saturated rings. The van der Waals surface area contributed by atoms with E-state index in [4.69, 9.17) is 11.6 Å². The summed E-state index contributed by atoms with van der Waals surface area (Å²) in [5.74, 6) is -0.378. The Morgan fingerprint density at radius 1 is 1.18 bits per heavy atom. The quantitative estimate of drug-likeness (QED) is 0.813. The van der Waals surface area contributed by atoms with Gasteiger partial charge in [0.05, 0.1) is 5.92 Å². The van der Waals surface area contributed by atoms with Gasteiger partial charge in [-0.05, 0) is 47.2 Å². The third-order valence-electron chi connectivity index (χ3n) is 5.14. The summed E-state index contributed by atoms with van der Waals surface area (Å²) in [5.41, 5.74) is 3.22. The Hall–Kier alpha value is -2.33. The van der Waals surface area contributed by atoms with Gasteiger partial charge in [0.1, 0.15) is 0 Å². The van der Waals surface area contributed by atoms with Crippen LogP contribution in [0.5, 0.6) is 0 Å². The van der Waals surface area contributed by atoms with Crippen molar-refractivity contribution in [1.29, 1.82) is 0 Å². The van der Waals surface area contributed by atoms with Crippen molar-refractivity contribution in [2.75, 3.05) is 18.0 Å². The summed E-state index contributed by atoms with van der Waals surface area (Å²) in [5, 5.41) is 3.65. The number of amides is 2. The van der Waals surface area contributed by atoms with E-state index >= 15 is 0 Å². The molecule has 2 aromatic carbocycles. The largest absolute Gasteiger partial charge is 0.355 e. The molecule has 0 aromatic heterocycles. The van der Waals surface area contributed by atoms with Crippen LogP contribution in [0.1, 0.15) is 38.3 Å². The smallest absolute Gasteiger partial charge is 0.227 e. The van der Waals surface area contributed by atoms with E-state index in [-0.39, 0.29) is 29.6 Å². The van der Waals surface area contributed by atoms with Gasteiger partial charge in [-0.3, -0.25) is 9.59 Å². The fourth-order valence-corrected chi connectivity index (χ4v) is 3.65. The fourth-order valence-electron chi connectivity index (χ4n) is 3.44. The molecule has 1 atom stereocenters. The minimum Gasteiger partial charge on any atom is -0.355 e. The zero-order chi connectivity index (χ0) is 20.3. The highest BCUT2D eigenvalue weighted by atomic mass is 35.5. The van der Waals surface area contributed by atoms with Crippen LogP contribution in [0.25, 0.3) is 0 Å². The van der Waals surface area contributed by atoms with E-state index in [1.165, 1.54) is 5.56 Å². The molecule has 148 valence electrons. The first kappa shape index (κ1) is 20.4. The molecule has 1 N–H and O–H groups in total. The van der Waals surface area contributed by atoms with E-state index in [2.05, 4.69) is 38.2 Å². The number of nitrogens with one attached hydrogen (secondary N) is 1. The third-order valence-corrected chi connectivity index (χ3v) is 5.38. The molecule has 2 aromatic rings. The minimum absolute atomic E-state index is 0.00139. The number of nitrogens with zero attached hydrogens (tertiary/aromatic N) is 1. The second-order valence-electron chi connectivity index (χ2n) is 8.37. The number of benzene rings is 2. The summed E-state index contributed by atoms with van der Waals surface area (Å²) in [6, 6.07) is 15.7. The number of carbonyl (C=O) groups is 2. The lowest BCUT2D eigenvalue weighted by Crippen LogP contribution is -2.34. The van der Waals surface area contributed by atoms with Gasteiger partial charge >= 0.3 is 0 Å². The van der Waals surface area contributed by atoms with Crippen molar-refractivity contribution >= 4 is 29.1 Å². The number of anilines is 1. The molecule has 0 saturated carbocycles. The second kappa shape index (κ2) is 8.36. The zero-order valence-electron chi connectivity index (χ0n) is 16.7. The number of hydrogen-bond donors (Lipinski definition) is 1. The van der Waals surface area contributed by atoms with E-state index in [1.54, 1.807) is 4.90 Å². The molecule has 3 rings (SSSR count). The molecule has 0 spiro atoms. The van der Waals surface area contributed by atoms with Crippen molar-refractivity contribution in [2.24, 2.45) is 5.92 Å². The lowest BCUT2D eigenvalue weighted by atomic mass is 9.87. The molecule has 2 amide bonds. The third kappa shape index (κ3) is 4.93. The van der Waals surface area contributed by atoms with Crippen LogP contribution in [0, 0.1) is 5.92 Å². The first-order chi connectivity index (χ1) is 13.2. The van der Waals surface area contributed by atoms with Gasteiger partial charge < -0.3 is 10.2 Å². The van der Waals surface area contributed by atoms with E-state index in [0.717, 1.165) is 11.3 Å². The van der Waals surface area contributed by atoms with Crippen LogP contribution in [0.4, 0.5) is 5.69 Å². The summed E-state index contributed by atoms with van der Waals surface area (Å²) in [6.45, 7) is 7.44. The van der Waals surface area contributed by atoms with Gasteiger partial charge in [-0.1, -0.05) is 56.6 Å². The Kier molecular flexibility index (Phi) is 6.09. The van der Waals surface area contributed by atoms with Crippen LogP contribution >= 0.6 is 11.6 Å². The van der Waals surface area contributed by atoms with Crippen molar-refractivity contribution in [3.8, 4) is 0 Å².